The number of rotatable bonds is 8. The smallest absolute Gasteiger partial charge is 0.221 e. The molecule has 4 saturated carbocycles. The Bertz CT molecular complexity index is 1920. The standard InChI is InChI=1S/C53H67N2/c1-38-33-46(40-21-9-3-10-22-40)35-48(42-25-13-5-14-26-42)50(38)54-37-55(53(45-31-19-8-20-32-45)52(54)44-29-17-7-18-30-44)51-39(2)34-47(41-23-11-4-12-24-41)36-49(51)43-27-15-6-16-28-43/h7-8,17-20,29-37,40-43,52-53H,3-6,9-16,21-28H2,1-2H3/q+1/t52-,53-/m1/s1. The molecule has 0 amide bonds. The van der Waals surface area contributed by atoms with E-state index >= 15 is 0 Å². The van der Waals surface area contributed by atoms with Crippen molar-refractivity contribution < 1.29 is 4.58 Å². The van der Waals surface area contributed by atoms with E-state index in [-0.39, 0.29) is 12.1 Å². The van der Waals surface area contributed by atoms with Crippen LogP contribution < -0.4 is 4.90 Å². The van der Waals surface area contributed by atoms with Crippen molar-refractivity contribution in [3.05, 3.63) is 129 Å². The Hall–Kier alpha value is -3.65. The molecule has 55 heavy (non-hydrogen) atoms. The lowest BCUT2D eigenvalue weighted by atomic mass is 9.77. The zero-order valence-electron chi connectivity index (χ0n) is 34.2. The molecule has 0 radical (unpaired) electrons. The third-order valence-electron chi connectivity index (χ3n) is 14.9. The summed E-state index contributed by atoms with van der Waals surface area (Å²) in [5.74, 6) is 2.70. The number of nitrogens with zero attached hydrogens (tertiary/aromatic N) is 2. The first kappa shape index (κ1) is 37.0. The molecule has 0 saturated heterocycles. The monoisotopic (exact) mass is 732 g/mol. The highest BCUT2D eigenvalue weighted by Crippen LogP contribution is 2.52. The van der Waals surface area contributed by atoms with E-state index < -0.39 is 0 Å². The Kier molecular flexibility index (Phi) is 11.3. The molecule has 4 aromatic rings. The number of aryl methyl sites for hydroxylation is 2. The van der Waals surface area contributed by atoms with Crippen molar-refractivity contribution >= 4 is 17.7 Å². The van der Waals surface area contributed by atoms with Crippen LogP contribution in [0.5, 0.6) is 0 Å². The molecule has 288 valence electrons. The van der Waals surface area contributed by atoms with Crippen molar-refractivity contribution in [2.45, 2.75) is 178 Å². The van der Waals surface area contributed by atoms with Gasteiger partial charge in [-0.1, -0.05) is 162 Å². The summed E-state index contributed by atoms with van der Waals surface area (Å²) in [5, 5.41) is 0. The summed E-state index contributed by atoms with van der Waals surface area (Å²) in [6, 6.07) is 34.2. The lowest BCUT2D eigenvalue weighted by molar-refractivity contribution is -0.482. The normalized spacial score (nSPS) is 23.6. The summed E-state index contributed by atoms with van der Waals surface area (Å²) >= 11 is 0. The van der Waals surface area contributed by atoms with Gasteiger partial charge in [0, 0.05) is 22.3 Å². The van der Waals surface area contributed by atoms with E-state index in [1.165, 1.54) is 162 Å². The van der Waals surface area contributed by atoms with Crippen molar-refractivity contribution in [1.29, 1.82) is 0 Å². The number of hydrogen-bond donors (Lipinski definition) is 0. The van der Waals surface area contributed by atoms with Gasteiger partial charge in [0.2, 0.25) is 6.34 Å². The summed E-state index contributed by atoms with van der Waals surface area (Å²) < 4.78 is 2.80. The van der Waals surface area contributed by atoms with Gasteiger partial charge in [0.25, 0.3) is 0 Å². The minimum Gasteiger partial charge on any atom is -0.221 e. The Morgan fingerprint density at radius 3 is 1.40 bits per heavy atom. The number of benzene rings is 4. The maximum absolute atomic E-state index is 2.80. The number of anilines is 1. The first-order valence-electron chi connectivity index (χ1n) is 22.9. The van der Waals surface area contributed by atoms with E-state index in [1.54, 1.807) is 22.3 Å². The fourth-order valence-electron chi connectivity index (χ4n) is 12.1. The third-order valence-corrected chi connectivity index (χ3v) is 14.9. The van der Waals surface area contributed by atoms with Gasteiger partial charge in [0.15, 0.2) is 12.1 Å². The minimum absolute atomic E-state index is 0.154. The van der Waals surface area contributed by atoms with Crippen LogP contribution in [-0.4, -0.2) is 10.9 Å². The van der Waals surface area contributed by atoms with Gasteiger partial charge in [-0.3, -0.25) is 0 Å². The quantitative estimate of drug-likeness (QED) is 0.164. The number of hydrogen-bond acceptors (Lipinski definition) is 1. The predicted octanol–water partition coefficient (Wildman–Crippen LogP) is 15.2. The SMILES string of the molecule is Cc1cc(C2CCCCC2)cc(C2CCCCC2)c1N1C=[N+](c2c(C)cc(C3CCCCC3)cc2C2CCCCC2)[C@H](c2ccccc2)[C@H]1c1ccccc1. The first-order chi connectivity index (χ1) is 27.1. The van der Waals surface area contributed by atoms with E-state index in [0.717, 1.165) is 0 Å². The summed E-state index contributed by atoms with van der Waals surface area (Å²) in [4.78, 5) is 2.80. The van der Waals surface area contributed by atoms with Gasteiger partial charge in [0.05, 0.1) is 0 Å². The second kappa shape index (κ2) is 16.8. The van der Waals surface area contributed by atoms with Gasteiger partial charge in [-0.2, -0.15) is 0 Å². The summed E-state index contributed by atoms with van der Waals surface area (Å²) in [5.41, 5.74) is 15.3. The maximum atomic E-state index is 2.80. The molecule has 0 spiro atoms. The molecule has 4 aliphatic carbocycles. The molecule has 1 heterocycles. The molecule has 2 nitrogen and oxygen atoms in total. The lowest BCUT2D eigenvalue weighted by Crippen LogP contribution is -2.28. The van der Waals surface area contributed by atoms with E-state index in [9.17, 15) is 0 Å². The second-order valence-corrected chi connectivity index (χ2v) is 18.5. The average Bonchev–Trinajstić information content (AvgIpc) is 3.64. The van der Waals surface area contributed by atoms with Crippen molar-refractivity contribution in [3.63, 3.8) is 0 Å². The highest BCUT2D eigenvalue weighted by molar-refractivity contribution is 5.85. The van der Waals surface area contributed by atoms with E-state index in [1.807, 2.05) is 0 Å². The highest BCUT2D eigenvalue weighted by atomic mass is 15.3. The summed E-state index contributed by atoms with van der Waals surface area (Å²) in [6.07, 6.45) is 29.9. The molecule has 0 aromatic heterocycles. The van der Waals surface area contributed by atoms with Crippen LogP contribution in [-0.2, 0) is 0 Å². The summed E-state index contributed by atoms with van der Waals surface area (Å²) in [7, 11) is 0. The van der Waals surface area contributed by atoms with Gasteiger partial charge in [0.1, 0.15) is 11.4 Å². The molecule has 2 atom stereocenters. The Morgan fingerprint density at radius 1 is 0.436 bits per heavy atom. The van der Waals surface area contributed by atoms with Gasteiger partial charge < -0.3 is 0 Å². The van der Waals surface area contributed by atoms with Gasteiger partial charge >= 0.3 is 0 Å². The van der Waals surface area contributed by atoms with Crippen LogP contribution in [0, 0.1) is 13.8 Å². The average molecular weight is 732 g/mol. The molecule has 4 fully saturated rings. The molecule has 2 heteroatoms. The predicted molar refractivity (Wildman–Crippen MR) is 232 cm³/mol. The Morgan fingerprint density at radius 2 is 0.873 bits per heavy atom. The fraction of sp³-hybridized carbons (Fsp3) is 0.528. The zero-order chi connectivity index (χ0) is 37.1. The van der Waals surface area contributed by atoms with Crippen molar-refractivity contribution in [1.82, 2.24) is 0 Å². The van der Waals surface area contributed by atoms with Gasteiger partial charge in [-0.15, -0.1) is 0 Å². The maximum Gasteiger partial charge on any atom is 0.245 e. The highest BCUT2D eigenvalue weighted by Gasteiger charge is 2.48. The molecule has 9 rings (SSSR count). The van der Waals surface area contributed by atoms with Crippen LogP contribution in [0.4, 0.5) is 11.4 Å². The Balaban J connectivity index is 1.27. The van der Waals surface area contributed by atoms with Gasteiger partial charge in [-0.25, -0.2) is 9.48 Å². The van der Waals surface area contributed by atoms with E-state index in [0.29, 0.717) is 23.7 Å². The van der Waals surface area contributed by atoms with Gasteiger partial charge in [-0.05, 0) is 111 Å². The summed E-state index contributed by atoms with van der Waals surface area (Å²) in [6.45, 7) is 4.92. The van der Waals surface area contributed by atoms with Crippen molar-refractivity contribution in [2.24, 2.45) is 0 Å². The molecule has 0 bridgehead atoms. The van der Waals surface area contributed by atoms with E-state index in [4.69, 9.17) is 0 Å². The Labute approximate surface area is 333 Å². The third kappa shape index (κ3) is 7.61. The molecular weight excluding hydrogens is 665 g/mol. The lowest BCUT2D eigenvalue weighted by Gasteiger charge is -2.32. The second-order valence-electron chi connectivity index (χ2n) is 18.5. The molecular formula is C53H67N2+. The first-order valence-corrected chi connectivity index (χ1v) is 22.9. The molecule has 5 aliphatic rings. The van der Waals surface area contributed by atoms with Crippen LogP contribution in [0.25, 0.3) is 0 Å². The largest absolute Gasteiger partial charge is 0.245 e. The van der Waals surface area contributed by atoms with Crippen LogP contribution in [0.2, 0.25) is 0 Å². The molecule has 4 aromatic carbocycles. The fourth-order valence-corrected chi connectivity index (χ4v) is 12.1. The molecule has 0 N–H and O–H groups in total. The topological polar surface area (TPSA) is 6.25 Å². The molecule has 1 aliphatic heterocycles. The zero-order valence-corrected chi connectivity index (χ0v) is 34.2. The van der Waals surface area contributed by atoms with Crippen LogP contribution in [0.1, 0.15) is 209 Å². The minimum atomic E-state index is 0.154. The van der Waals surface area contributed by atoms with Crippen LogP contribution >= 0.6 is 0 Å². The van der Waals surface area contributed by atoms with Crippen LogP contribution in [0.15, 0.2) is 84.9 Å². The molecule has 0 unspecified atom stereocenters. The van der Waals surface area contributed by atoms with Crippen LogP contribution in [0.3, 0.4) is 0 Å². The van der Waals surface area contributed by atoms with Crippen molar-refractivity contribution in [3.8, 4) is 0 Å². The van der Waals surface area contributed by atoms with E-state index in [2.05, 4.69) is 115 Å². The van der Waals surface area contributed by atoms with Crippen molar-refractivity contribution in [2.75, 3.05) is 4.90 Å².